The van der Waals surface area contributed by atoms with Crippen LogP contribution in [-0.4, -0.2) is 28.8 Å². The van der Waals surface area contributed by atoms with Gasteiger partial charge in [0.2, 0.25) is 0 Å². The molecule has 0 aliphatic rings. The molecule has 1 aromatic rings. The summed E-state index contributed by atoms with van der Waals surface area (Å²) in [5.41, 5.74) is 6.67. The van der Waals surface area contributed by atoms with Gasteiger partial charge in [-0.25, -0.2) is 4.79 Å². The van der Waals surface area contributed by atoms with E-state index in [0.29, 0.717) is 5.69 Å². The molecule has 1 rings (SSSR count). The van der Waals surface area contributed by atoms with E-state index < -0.39 is 29.1 Å². The van der Waals surface area contributed by atoms with Gasteiger partial charge in [-0.1, -0.05) is 26.0 Å². The number of carboxylic acids is 1. The second-order valence-electron chi connectivity index (χ2n) is 7.19. The lowest BCUT2D eigenvalue weighted by Gasteiger charge is -2.30. The highest BCUT2D eigenvalue weighted by atomic mass is 16.6. The Morgan fingerprint density at radius 2 is 1.78 bits per heavy atom. The summed E-state index contributed by atoms with van der Waals surface area (Å²) in [5.74, 6) is -1.05. The first-order valence-electron chi connectivity index (χ1n) is 7.44. The van der Waals surface area contributed by atoms with Crippen LogP contribution in [0.2, 0.25) is 0 Å². The quantitative estimate of drug-likeness (QED) is 0.791. The summed E-state index contributed by atoms with van der Waals surface area (Å²) in [5, 5.41) is 11.8. The van der Waals surface area contributed by atoms with Gasteiger partial charge in [-0.15, -0.1) is 0 Å². The van der Waals surface area contributed by atoms with Crippen molar-refractivity contribution >= 4 is 17.7 Å². The molecular formula is C17H26N2O4. The van der Waals surface area contributed by atoms with Gasteiger partial charge in [-0.3, -0.25) is 10.1 Å². The molecule has 0 spiro atoms. The first kappa shape index (κ1) is 19.0. The molecule has 0 fully saturated rings. The number of aliphatic carboxylic acids is 1. The highest BCUT2D eigenvalue weighted by Crippen LogP contribution is 2.29. The molecule has 0 aliphatic carbocycles. The molecule has 0 bridgehead atoms. The van der Waals surface area contributed by atoms with Crippen molar-refractivity contribution in [3.05, 3.63) is 29.3 Å². The number of ether oxygens (including phenoxy) is 1. The third-order valence-corrected chi connectivity index (χ3v) is 3.65. The third kappa shape index (κ3) is 4.96. The molecular weight excluding hydrogens is 296 g/mol. The maximum Gasteiger partial charge on any atom is 0.412 e. The van der Waals surface area contributed by atoms with E-state index in [1.54, 1.807) is 46.8 Å². The van der Waals surface area contributed by atoms with E-state index in [4.69, 9.17) is 15.6 Å². The van der Waals surface area contributed by atoms with Crippen LogP contribution in [0, 0.1) is 6.92 Å². The Hall–Kier alpha value is -2.08. The predicted molar refractivity (Wildman–Crippen MR) is 89.7 cm³/mol. The Kier molecular flexibility index (Phi) is 5.43. The number of anilines is 1. The molecule has 0 aromatic heterocycles. The highest BCUT2D eigenvalue weighted by Gasteiger charge is 2.34. The van der Waals surface area contributed by atoms with Crippen LogP contribution in [0.25, 0.3) is 0 Å². The zero-order valence-corrected chi connectivity index (χ0v) is 14.6. The summed E-state index contributed by atoms with van der Waals surface area (Å²) in [7, 11) is 0. The minimum atomic E-state index is -1.05. The number of benzene rings is 1. The standard InChI is InChI=1S/C17H26N2O4/c1-10-9-11(17(5,6)13(18)14(20)21)7-8-12(10)19-15(22)23-16(2,3)4/h7-9,13H,18H2,1-6H3,(H,19,22)(H,20,21). The Morgan fingerprint density at radius 3 is 2.22 bits per heavy atom. The minimum Gasteiger partial charge on any atom is -0.480 e. The number of nitrogens with two attached hydrogens (primary N) is 1. The second-order valence-corrected chi connectivity index (χ2v) is 7.19. The fourth-order valence-corrected chi connectivity index (χ4v) is 2.11. The van der Waals surface area contributed by atoms with Crippen molar-refractivity contribution in [2.75, 3.05) is 5.32 Å². The van der Waals surface area contributed by atoms with E-state index in [1.165, 1.54) is 0 Å². The van der Waals surface area contributed by atoms with Crippen LogP contribution in [0.4, 0.5) is 10.5 Å². The van der Waals surface area contributed by atoms with E-state index in [9.17, 15) is 9.59 Å². The zero-order valence-electron chi connectivity index (χ0n) is 14.6. The van der Waals surface area contributed by atoms with Crippen molar-refractivity contribution in [1.82, 2.24) is 0 Å². The number of hydrogen-bond acceptors (Lipinski definition) is 4. The summed E-state index contributed by atoms with van der Waals surface area (Å²) in [6.45, 7) is 10.8. The van der Waals surface area contributed by atoms with E-state index in [1.807, 2.05) is 13.0 Å². The van der Waals surface area contributed by atoms with Crippen molar-refractivity contribution in [1.29, 1.82) is 0 Å². The van der Waals surface area contributed by atoms with Crippen molar-refractivity contribution in [3.63, 3.8) is 0 Å². The van der Waals surface area contributed by atoms with E-state index in [2.05, 4.69) is 5.32 Å². The van der Waals surface area contributed by atoms with Crippen molar-refractivity contribution < 1.29 is 19.4 Å². The molecule has 6 nitrogen and oxygen atoms in total. The van der Waals surface area contributed by atoms with Gasteiger partial charge in [0.05, 0.1) is 0 Å². The molecule has 23 heavy (non-hydrogen) atoms. The fraction of sp³-hybridized carbons (Fsp3) is 0.529. The van der Waals surface area contributed by atoms with Gasteiger partial charge in [0, 0.05) is 11.1 Å². The van der Waals surface area contributed by atoms with Crippen LogP contribution in [0.5, 0.6) is 0 Å². The van der Waals surface area contributed by atoms with Crippen LogP contribution < -0.4 is 11.1 Å². The minimum absolute atomic E-state index is 0.533. The number of carboxylic acid groups (broad SMARTS) is 1. The Bertz CT molecular complexity index is 603. The largest absolute Gasteiger partial charge is 0.480 e. The average Bonchev–Trinajstić information content (AvgIpc) is 2.37. The third-order valence-electron chi connectivity index (χ3n) is 3.65. The van der Waals surface area contributed by atoms with Crippen LogP contribution in [0.3, 0.4) is 0 Å². The van der Waals surface area contributed by atoms with Crippen LogP contribution in [0.1, 0.15) is 45.7 Å². The maximum absolute atomic E-state index is 11.8. The summed E-state index contributed by atoms with van der Waals surface area (Å²) in [4.78, 5) is 23.0. The maximum atomic E-state index is 11.8. The van der Waals surface area contributed by atoms with Gasteiger partial charge < -0.3 is 15.6 Å². The lowest BCUT2D eigenvalue weighted by molar-refractivity contribution is -0.140. The number of carbonyl (C=O) groups excluding carboxylic acids is 1. The van der Waals surface area contributed by atoms with Crippen molar-refractivity contribution in [2.45, 2.75) is 58.6 Å². The topological polar surface area (TPSA) is 102 Å². The van der Waals surface area contributed by atoms with Gasteiger partial charge in [0.1, 0.15) is 11.6 Å². The number of nitrogens with one attached hydrogen (secondary N) is 1. The van der Waals surface area contributed by atoms with Crippen LogP contribution in [0.15, 0.2) is 18.2 Å². The normalized spacial score (nSPS) is 13.3. The number of carbonyl (C=O) groups is 2. The molecule has 0 radical (unpaired) electrons. The molecule has 6 heteroatoms. The first-order chi connectivity index (χ1) is 10.3. The number of amides is 1. The molecule has 0 saturated carbocycles. The molecule has 1 amide bonds. The van der Waals surface area contributed by atoms with Gasteiger partial charge in [-0.05, 0) is 44.9 Å². The molecule has 1 aromatic carbocycles. The molecule has 0 saturated heterocycles. The van der Waals surface area contributed by atoms with Gasteiger partial charge >= 0.3 is 12.1 Å². The van der Waals surface area contributed by atoms with Crippen LogP contribution >= 0.6 is 0 Å². The molecule has 0 heterocycles. The second kappa shape index (κ2) is 6.58. The van der Waals surface area contributed by atoms with E-state index >= 15 is 0 Å². The predicted octanol–water partition coefficient (Wildman–Crippen LogP) is 3.03. The van der Waals surface area contributed by atoms with Gasteiger partial charge in [0.15, 0.2) is 0 Å². The first-order valence-corrected chi connectivity index (χ1v) is 7.44. The van der Waals surface area contributed by atoms with Crippen molar-refractivity contribution in [2.24, 2.45) is 5.73 Å². The van der Waals surface area contributed by atoms with Gasteiger partial charge in [0.25, 0.3) is 0 Å². The lowest BCUT2D eigenvalue weighted by atomic mass is 9.77. The van der Waals surface area contributed by atoms with E-state index in [-0.39, 0.29) is 0 Å². The van der Waals surface area contributed by atoms with Gasteiger partial charge in [-0.2, -0.15) is 0 Å². The molecule has 128 valence electrons. The average molecular weight is 322 g/mol. The summed E-state index contributed by atoms with van der Waals surface area (Å²) in [6.07, 6.45) is -0.533. The fourth-order valence-electron chi connectivity index (χ4n) is 2.11. The lowest BCUT2D eigenvalue weighted by Crippen LogP contribution is -2.46. The molecule has 0 aliphatic heterocycles. The number of aryl methyl sites for hydroxylation is 1. The van der Waals surface area contributed by atoms with Crippen LogP contribution in [-0.2, 0) is 14.9 Å². The summed E-state index contributed by atoms with van der Waals surface area (Å²) >= 11 is 0. The Balaban J connectivity index is 2.99. The summed E-state index contributed by atoms with van der Waals surface area (Å²) < 4.78 is 5.22. The Morgan fingerprint density at radius 1 is 1.22 bits per heavy atom. The smallest absolute Gasteiger partial charge is 0.412 e. The Labute approximate surface area is 137 Å². The number of hydrogen-bond donors (Lipinski definition) is 3. The zero-order chi connectivity index (χ0) is 18.0. The molecule has 1 unspecified atom stereocenters. The van der Waals surface area contributed by atoms with Crippen molar-refractivity contribution in [3.8, 4) is 0 Å². The number of rotatable bonds is 4. The summed E-state index contributed by atoms with van der Waals surface area (Å²) in [6, 6.07) is 4.30. The highest BCUT2D eigenvalue weighted by molar-refractivity contribution is 5.86. The monoisotopic (exact) mass is 322 g/mol. The van der Waals surface area contributed by atoms with E-state index in [0.717, 1.165) is 11.1 Å². The molecule has 4 N–H and O–H groups in total. The SMILES string of the molecule is Cc1cc(C(C)(C)C(N)C(=O)O)ccc1NC(=O)OC(C)(C)C. The molecule has 1 atom stereocenters.